The van der Waals surface area contributed by atoms with Gasteiger partial charge in [0.25, 0.3) is 0 Å². The average molecular weight is 218 g/mol. The summed E-state index contributed by atoms with van der Waals surface area (Å²) >= 11 is 2.11. The van der Waals surface area contributed by atoms with Crippen molar-refractivity contribution in [2.45, 2.75) is 30.9 Å². The molecule has 0 aliphatic heterocycles. The summed E-state index contributed by atoms with van der Waals surface area (Å²) in [6, 6.07) is 10.8. The Morgan fingerprint density at radius 2 is 2.07 bits per heavy atom. The number of thioether (sulfide) groups is 1. The summed E-state index contributed by atoms with van der Waals surface area (Å²) in [4.78, 5) is 0. The molecule has 1 atom stereocenters. The lowest BCUT2D eigenvalue weighted by Gasteiger charge is -2.15. The molecule has 0 saturated carbocycles. The van der Waals surface area contributed by atoms with Crippen LogP contribution >= 0.6 is 11.8 Å². The highest BCUT2D eigenvalue weighted by Gasteiger charge is 2.07. The molecular formula is C14H18S. The number of rotatable bonds is 4. The molecule has 0 heterocycles. The number of hydrogen-bond donors (Lipinski definition) is 0. The van der Waals surface area contributed by atoms with Crippen molar-refractivity contribution in [3.8, 4) is 0 Å². The van der Waals surface area contributed by atoms with Gasteiger partial charge in [-0.3, -0.25) is 0 Å². The second kappa shape index (κ2) is 6.02. The highest BCUT2D eigenvalue weighted by molar-refractivity contribution is 8.00. The summed E-state index contributed by atoms with van der Waals surface area (Å²) in [7, 11) is 0. The molecule has 0 saturated heterocycles. The van der Waals surface area contributed by atoms with Crippen molar-refractivity contribution in [3.05, 3.63) is 48.0 Å². The van der Waals surface area contributed by atoms with Gasteiger partial charge in [0.2, 0.25) is 0 Å². The van der Waals surface area contributed by atoms with Gasteiger partial charge >= 0.3 is 0 Å². The molecule has 0 unspecified atom stereocenters. The number of benzene rings is 1. The lowest BCUT2D eigenvalue weighted by Crippen LogP contribution is -2.04. The number of allylic oxidation sites excluding steroid dienone is 1. The van der Waals surface area contributed by atoms with Crippen LogP contribution in [0.4, 0.5) is 0 Å². The lowest BCUT2D eigenvalue weighted by atomic mass is 10.1. The van der Waals surface area contributed by atoms with Crippen molar-refractivity contribution >= 4 is 11.8 Å². The fourth-order valence-electron chi connectivity index (χ4n) is 1.89. The maximum atomic E-state index is 2.39. The molecule has 2 rings (SSSR count). The Hall–Kier alpha value is -0.690. The quantitative estimate of drug-likeness (QED) is 0.686. The highest BCUT2D eigenvalue weighted by Crippen LogP contribution is 2.23. The molecular weight excluding hydrogens is 200 g/mol. The zero-order chi connectivity index (χ0) is 10.3. The third-order valence-electron chi connectivity index (χ3n) is 2.78. The van der Waals surface area contributed by atoms with Crippen LogP contribution in [0.1, 0.15) is 24.8 Å². The predicted octanol–water partition coefficient (Wildman–Crippen LogP) is 4.07. The van der Waals surface area contributed by atoms with Gasteiger partial charge in [-0.2, -0.15) is 11.8 Å². The van der Waals surface area contributed by atoms with Gasteiger partial charge in [0.1, 0.15) is 0 Å². The summed E-state index contributed by atoms with van der Waals surface area (Å²) in [5.41, 5.74) is 1.46. The molecule has 0 amide bonds. The lowest BCUT2D eigenvalue weighted by molar-refractivity contribution is 0.741. The zero-order valence-electron chi connectivity index (χ0n) is 9.06. The van der Waals surface area contributed by atoms with Crippen LogP contribution < -0.4 is 0 Å². The van der Waals surface area contributed by atoms with Gasteiger partial charge in [-0.25, -0.2) is 0 Å². The van der Waals surface area contributed by atoms with E-state index >= 15 is 0 Å². The van der Waals surface area contributed by atoms with Crippen LogP contribution in [0.2, 0.25) is 0 Å². The van der Waals surface area contributed by atoms with E-state index in [1.54, 1.807) is 0 Å². The first kappa shape index (κ1) is 10.8. The van der Waals surface area contributed by atoms with E-state index < -0.39 is 0 Å². The van der Waals surface area contributed by atoms with Crippen molar-refractivity contribution in [1.29, 1.82) is 0 Å². The molecule has 0 nitrogen and oxygen atoms in total. The minimum absolute atomic E-state index is 0.780. The monoisotopic (exact) mass is 218 g/mol. The van der Waals surface area contributed by atoms with Crippen molar-refractivity contribution in [2.75, 3.05) is 5.75 Å². The van der Waals surface area contributed by atoms with E-state index in [0.29, 0.717) is 0 Å². The molecule has 1 aliphatic rings. The molecule has 0 aromatic heterocycles. The fourth-order valence-corrected chi connectivity index (χ4v) is 3.10. The van der Waals surface area contributed by atoms with Crippen molar-refractivity contribution in [3.63, 3.8) is 0 Å². The molecule has 0 spiro atoms. The van der Waals surface area contributed by atoms with E-state index in [9.17, 15) is 0 Å². The number of aryl methyl sites for hydroxylation is 1. The van der Waals surface area contributed by atoms with Crippen LogP contribution in [-0.4, -0.2) is 11.0 Å². The molecule has 1 aliphatic carbocycles. The second-order valence-corrected chi connectivity index (χ2v) is 5.35. The van der Waals surface area contributed by atoms with Crippen LogP contribution in [0.3, 0.4) is 0 Å². The third kappa shape index (κ3) is 3.75. The maximum Gasteiger partial charge on any atom is 0.0227 e. The van der Waals surface area contributed by atoms with E-state index in [1.807, 2.05) is 0 Å². The maximum absolute atomic E-state index is 2.39. The Bertz CT molecular complexity index is 302. The summed E-state index contributed by atoms with van der Waals surface area (Å²) in [5, 5.41) is 0.780. The molecule has 80 valence electrons. The van der Waals surface area contributed by atoms with Crippen LogP contribution in [0.25, 0.3) is 0 Å². The zero-order valence-corrected chi connectivity index (χ0v) is 9.88. The smallest absolute Gasteiger partial charge is 0.0227 e. The topological polar surface area (TPSA) is 0 Å². The Labute approximate surface area is 96.8 Å². The molecule has 0 N–H and O–H groups in total. The molecule has 0 bridgehead atoms. The first-order valence-corrected chi connectivity index (χ1v) is 6.82. The standard InChI is InChI=1S/C14H18S/c1-3-7-13(8-4-1)11-12-15-14-9-5-2-6-10-14/h1,3-5,7-9,14H,2,6,10-12H2/t14-/m1/s1. The van der Waals surface area contributed by atoms with E-state index in [-0.39, 0.29) is 0 Å². The fraction of sp³-hybridized carbons (Fsp3) is 0.429. The Kier molecular flexibility index (Phi) is 4.34. The molecule has 1 heteroatoms. The van der Waals surface area contributed by atoms with Crippen LogP contribution in [0.5, 0.6) is 0 Å². The highest BCUT2D eigenvalue weighted by atomic mass is 32.2. The average Bonchev–Trinajstić information content (AvgIpc) is 2.32. The molecule has 0 radical (unpaired) electrons. The molecule has 0 fully saturated rings. The van der Waals surface area contributed by atoms with Gasteiger partial charge in [0, 0.05) is 5.25 Å². The summed E-state index contributed by atoms with van der Waals surface area (Å²) in [6.45, 7) is 0. The normalized spacial score (nSPS) is 20.4. The summed E-state index contributed by atoms with van der Waals surface area (Å²) in [6.07, 6.45) is 9.96. The van der Waals surface area contributed by atoms with Crippen molar-refractivity contribution < 1.29 is 0 Å². The summed E-state index contributed by atoms with van der Waals surface area (Å²) < 4.78 is 0. The van der Waals surface area contributed by atoms with Crippen LogP contribution in [-0.2, 0) is 6.42 Å². The van der Waals surface area contributed by atoms with E-state index in [0.717, 1.165) is 5.25 Å². The van der Waals surface area contributed by atoms with Gasteiger partial charge in [-0.05, 0) is 37.0 Å². The molecule has 15 heavy (non-hydrogen) atoms. The predicted molar refractivity (Wildman–Crippen MR) is 69.4 cm³/mol. The second-order valence-electron chi connectivity index (χ2n) is 4.00. The van der Waals surface area contributed by atoms with Crippen molar-refractivity contribution in [2.24, 2.45) is 0 Å². The minimum atomic E-state index is 0.780. The Morgan fingerprint density at radius 1 is 1.20 bits per heavy atom. The molecule has 1 aromatic rings. The SMILES string of the molecule is C1=C[C@@H](SCCc2ccccc2)CCC1. The van der Waals surface area contributed by atoms with E-state index in [2.05, 4.69) is 54.2 Å². The van der Waals surface area contributed by atoms with Gasteiger partial charge < -0.3 is 0 Å². The minimum Gasteiger partial charge on any atom is -0.154 e. The van der Waals surface area contributed by atoms with Crippen LogP contribution in [0.15, 0.2) is 42.5 Å². The molecule has 1 aromatic carbocycles. The Morgan fingerprint density at radius 3 is 2.80 bits per heavy atom. The van der Waals surface area contributed by atoms with E-state index in [1.165, 1.54) is 37.0 Å². The first-order valence-electron chi connectivity index (χ1n) is 5.77. The number of hydrogen-bond acceptors (Lipinski definition) is 1. The van der Waals surface area contributed by atoms with Gasteiger partial charge in [-0.1, -0.05) is 42.5 Å². The van der Waals surface area contributed by atoms with Gasteiger partial charge in [0.05, 0.1) is 0 Å². The van der Waals surface area contributed by atoms with E-state index in [4.69, 9.17) is 0 Å². The van der Waals surface area contributed by atoms with Gasteiger partial charge in [-0.15, -0.1) is 0 Å². The summed E-state index contributed by atoms with van der Waals surface area (Å²) in [5.74, 6) is 1.25. The third-order valence-corrected chi connectivity index (χ3v) is 4.04. The van der Waals surface area contributed by atoms with Crippen LogP contribution in [0, 0.1) is 0 Å². The Balaban J connectivity index is 1.70. The van der Waals surface area contributed by atoms with Crippen molar-refractivity contribution in [1.82, 2.24) is 0 Å². The largest absolute Gasteiger partial charge is 0.154 e. The first-order chi connectivity index (χ1) is 7.45. The van der Waals surface area contributed by atoms with Gasteiger partial charge in [0.15, 0.2) is 0 Å².